The highest BCUT2D eigenvalue weighted by Crippen LogP contribution is 2.54. The third-order valence-corrected chi connectivity index (χ3v) is 6.00. The van der Waals surface area contributed by atoms with Crippen LogP contribution in [0.15, 0.2) is 30.3 Å². The molecule has 1 aliphatic rings. The summed E-state index contributed by atoms with van der Waals surface area (Å²) in [6, 6.07) is 10.5. The third kappa shape index (κ3) is 2.36. The summed E-state index contributed by atoms with van der Waals surface area (Å²) in [7, 11) is 0. The Morgan fingerprint density at radius 2 is 2.00 bits per heavy atom. The fourth-order valence-electron chi connectivity index (χ4n) is 4.45. The van der Waals surface area contributed by atoms with Gasteiger partial charge in [0, 0.05) is 11.1 Å². The van der Waals surface area contributed by atoms with Gasteiger partial charge in [0.1, 0.15) is 5.82 Å². The lowest BCUT2D eigenvalue weighted by Gasteiger charge is -2.41. The number of aromatic nitrogens is 2. The maximum absolute atomic E-state index is 9.27. The van der Waals surface area contributed by atoms with Gasteiger partial charge in [-0.2, -0.15) is 5.26 Å². The van der Waals surface area contributed by atoms with E-state index < -0.39 is 0 Å². The van der Waals surface area contributed by atoms with Crippen molar-refractivity contribution in [1.29, 1.82) is 5.26 Å². The zero-order valence-corrected chi connectivity index (χ0v) is 15.4. The average Bonchev–Trinajstić information content (AvgIpc) is 3.05. The first kappa shape index (κ1) is 16.8. The Balaban J connectivity index is 2.23. The molecule has 0 radical (unpaired) electrons. The molecule has 1 unspecified atom stereocenters. The largest absolute Gasteiger partial charge is 0.299 e. The number of allylic oxidation sites excluding steroid dienone is 2. The van der Waals surface area contributed by atoms with E-state index in [1.54, 1.807) is 0 Å². The zero-order valence-electron chi connectivity index (χ0n) is 15.4. The van der Waals surface area contributed by atoms with Crippen LogP contribution in [0.2, 0.25) is 0 Å². The van der Waals surface area contributed by atoms with Gasteiger partial charge in [0.15, 0.2) is 0 Å². The van der Waals surface area contributed by atoms with Crippen molar-refractivity contribution in [2.45, 2.75) is 47.5 Å². The summed E-state index contributed by atoms with van der Waals surface area (Å²) >= 11 is 0. The minimum Gasteiger partial charge on any atom is -0.299 e. The molecule has 2 aromatic rings. The second-order valence-electron chi connectivity index (χ2n) is 7.80. The molecule has 3 heteroatoms. The summed E-state index contributed by atoms with van der Waals surface area (Å²) in [5.74, 6) is 2.62. The van der Waals surface area contributed by atoms with E-state index in [0.717, 1.165) is 23.3 Å². The van der Waals surface area contributed by atoms with Gasteiger partial charge in [-0.3, -0.25) is 4.57 Å². The number of rotatable bonds is 4. The van der Waals surface area contributed by atoms with Gasteiger partial charge in [0.25, 0.3) is 0 Å². The number of hydrogen-bond donors (Lipinski definition) is 0. The first-order valence-electron chi connectivity index (χ1n) is 8.95. The minimum atomic E-state index is 0.0852. The standard InChI is InChI=1S/C21H27N3/c1-14(2)16-10-11-19(21(16,5)15(3)4)24-18-9-7-6-8-17(18)23-20(24)12-13-22/h6-9,11,14-16H,10,12H2,1-5H3/t16?,21-/m0/s1. The van der Waals surface area contributed by atoms with E-state index >= 15 is 0 Å². The third-order valence-electron chi connectivity index (χ3n) is 6.00. The number of fused-ring (bicyclic) bond motifs is 1. The SMILES string of the molecule is CC(C)C1CC=C(n2c(CC#N)nc3ccccc32)[C@@]1(C)C(C)C. The number of nitrogens with zero attached hydrogens (tertiary/aromatic N) is 3. The van der Waals surface area contributed by atoms with Crippen LogP contribution in [-0.2, 0) is 6.42 Å². The monoisotopic (exact) mass is 321 g/mol. The molecule has 1 aliphatic carbocycles. The van der Waals surface area contributed by atoms with Crippen LogP contribution in [-0.4, -0.2) is 9.55 Å². The van der Waals surface area contributed by atoms with Crippen LogP contribution in [0.4, 0.5) is 0 Å². The molecule has 0 aliphatic heterocycles. The fourth-order valence-corrected chi connectivity index (χ4v) is 4.45. The van der Waals surface area contributed by atoms with Crippen molar-refractivity contribution in [2.24, 2.45) is 23.2 Å². The van der Waals surface area contributed by atoms with Gasteiger partial charge in [-0.25, -0.2) is 4.98 Å². The molecule has 1 aromatic carbocycles. The summed E-state index contributed by atoms with van der Waals surface area (Å²) in [5.41, 5.74) is 3.50. The quantitative estimate of drug-likeness (QED) is 0.768. The molecule has 0 bridgehead atoms. The molecule has 1 heterocycles. The second-order valence-corrected chi connectivity index (χ2v) is 7.80. The average molecular weight is 321 g/mol. The molecular formula is C21H27N3. The molecule has 2 atom stereocenters. The Hall–Kier alpha value is -2.08. The van der Waals surface area contributed by atoms with Gasteiger partial charge in [0.05, 0.1) is 23.5 Å². The molecule has 0 N–H and O–H groups in total. The topological polar surface area (TPSA) is 41.6 Å². The van der Waals surface area contributed by atoms with Gasteiger partial charge < -0.3 is 0 Å². The van der Waals surface area contributed by atoms with E-state index in [4.69, 9.17) is 4.98 Å². The molecule has 0 fully saturated rings. The molecule has 3 nitrogen and oxygen atoms in total. The maximum Gasteiger partial charge on any atom is 0.128 e. The van der Waals surface area contributed by atoms with E-state index in [1.165, 1.54) is 5.70 Å². The molecule has 126 valence electrons. The summed E-state index contributed by atoms with van der Waals surface area (Å²) in [6.45, 7) is 11.7. The zero-order chi connectivity index (χ0) is 17.5. The first-order chi connectivity index (χ1) is 11.4. The van der Waals surface area contributed by atoms with E-state index in [-0.39, 0.29) is 5.41 Å². The lowest BCUT2D eigenvalue weighted by atomic mass is 9.66. The number of imidazole rings is 1. The van der Waals surface area contributed by atoms with Crippen molar-refractivity contribution in [3.05, 3.63) is 36.2 Å². The molecule has 24 heavy (non-hydrogen) atoms. The van der Waals surface area contributed by atoms with Gasteiger partial charge in [-0.05, 0) is 36.3 Å². The van der Waals surface area contributed by atoms with Crippen LogP contribution in [0, 0.1) is 34.5 Å². The van der Waals surface area contributed by atoms with Crippen LogP contribution in [0.25, 0.3) is 16.7 Å². The maximum atomic E-state index is 9.27. The molecule has 0 saturated heterocycles. The summed E-state index contributed by atoms with van der Waals surface area (Å²) in [4.78, 5) is 4.74. The number of hydrogen-bond acceptors (Lipinski definition) is 2. The minimum absolute atomic E-state index is 0.0852. The summed E-state index contributed by atoms with van der Waals surface area (Å²) < 4.78 is 2.26. The summed E-state index contributed by atoms with van der Waals surface area (Å²) in [5, 5.41) is 9.27. The van der Waals surface area contributed by atoms with Gasteiger partial charge >= 0.3 is 0 Å². The normalized spacial score (nSPS) is 23.9. The molecule has 1 aromatic heterocycles. The second kappa shape index (κ2) is 6.09. The van der Waals surface area contributed by atoms with Crippen molar-refractivity contribution < 1.29 is 0 Å². The molecule has 0 amide bonds. The fraction of sp³-hybridized carbons (Fsp3) is 0.524. The van der Waals surface area contributed by atoms with Crippen molar-refractivity contribution in [3.8, 4) is 6.07 Å². The lowest BCUT2D eigenvalue weighted by Crippen LogP contribution is -2.35. The smallest absolute Gasteiger partial charge is 0.128 e. The van der Waals surface area contributed by atoms with E-state index in [2.05, 4.69) is 63.5 Å². The van der Waals surface area contributed by atoms with Crippen molar-refractivity contribution in [3.63, 3.8) is 0 Å². The predicted molar refractivity (Wildman–Crippen MR) is 99.2 cm³/mol. The Morgan fingerprint density at radius 1 is 1.29 bits per heavy atom. The van der Waals surface area contributed by atoms with Crippen molar-refractivity contribution in [2.75, 3.05) is 0 Å². The van der Waals surface area contributed by atoms with Gasteiger partial charge in [-0.1, -0.05) is 52.8 Å². The van der Waals surface area contributed by atoms with E-state index in [1.807, 2.05) is 12.1 Å². The van der Waals surface area contributed by atoms with Gasteiger partial charge in [0.2, 0.25) is 0 Å². The van der Waals surface area contributed by atoms with E-state index in [0.29, 0.717) is 24.2 Å². The van der Waals surface area contributed by atoms with Crippen LogP contribution in [0.1, 0.15) is 46.9 Å². The van der Waals surface area contributed by atoms with Crippen LogP contribution < -0.4 is 0 Å². The molecule has 0 spiro atoms. The highest BCUT2D eigenvalue weighted by molar-refractivity contribution is 5.81. The molecule has 0 saturated carbocycles. The summed E-state index contributed by atoms with van der Waals surface area (Å²) in [6.07, 6.45) is 3.83. The van der Waals surface area contributed by atoms with Gasteiger partial charge in [-0.15, -0.1) is 0 Å². The highest BCUT2D eigenvalue weighted by Gasteiger charge is 2.46. The Bertz CT molecular complexity index is 819. The number of nitriles is 1. The van der Waals surface area contributed by atoms with E-state index in [9.17, 15) is 5.26 Å². The Labute approximate surface area is 145 Å². The Kier molecular flexibility index (Phi) is 4.25. The molecule has 3 rings (SSSR count). The number of para-hydroxylation sites is 2. The van der Waals surface area contributed by atoms with Crippen molar-refractivity contribution >= 4 is 16.7 Å². The first-order valence-corrected chi connectivity index (χ1v) is 8.95. The molecular weight excluding hydrogens is 294 g/mol. The highest BCUT2D eigenvalue weighted by atomic mass is 15.1. The Morgan fingerprint density at radius 3 is 2.62 bits per heavy atom. The van der Waals surface area contributed by atoms with Crippen LogP contribution >= 0.6 is 0 Å². The lowest BCUT2D eigenvalue weighted by molar-refractivity contribution is 0.153. The number of benzene rings is 1. The van der Waals surface area contributed by atoms with Crippen LogP contribution in [0.5, 0.6) is 0 Å². The van der Waals surface area contributed by atoms with Crippen molar-refractivity contribution in [1.82, 2.24) is 9.55 Å². The predicted octanol–water partition coefficient (Wildman–Crippen LogP) is 5.28. The van der Waals surface area contributed by atoms with Crippen LogP contribution in [0.3, 0.4) is 0 Å².